The van der Waals surface area contributed by atoms with Crippen molar-refractivity contribution in [2.24, 2.45) is 4.74 Å². The van der Waals surface area contributed by atoms with Crippen LogP contribution >= 0.6 is 7.05 Å². The Morgan fingerprint density at radius 1 is 0.545 bits per heavy atom. The van der Waals surface area contributed by atoms with Crippen molar-refractivity contribution >= 4 is 28.7 Å². The lowest BCUT2D eigenvalue weighted by Crippen LogP contribution is -2.25. The highest BCUT2D eigenvalue weighted by Gasteiger charge is 2.31. The average Bonchev–Trinajstić information content (AvgIpc) is 2.87. The molecule has 0 aliphatic heterocycles. The Kier molecular flexibility index (Phi) is 6.13. The van der Waals surface area contributed by atoms with Crippen LogP contribution in [0.3, 0.4) is 0 Å². The smallest absolute Gasteiger partial charge is 0.187 e. The van der Waals surface area contributed by atoms with Gasteiger partial charge in [-0.2, -0.15) is 10.5 Å². The summed E-state index contributed by atoms with van der Waals surface area (Å²) in [5.74, 6) is -4.62. The SMILES string of the molecule is N#Cc1c(F)c(F)c(N=P(c2ccccc2)(c2ccccc2)c2ccccc2)c(C#N)c1F. The van der Waals surface area contributed by atoms with Gasteiger partial charge in [0.2, 0.25) is 0 Å². The lowest BCUT2D eigenvalue weighted by Gasteiger charge is -2.27. The van der Waals surface area contributed by atoms with E-state index < -0.39 is 41.3 Å². The highest BCUT2D eigenvalue weighted by molar-refractivity contribution is 7.87. The number of nitrogens with zero attached hydrogens (tertiary/aromatic N) is 3. The van der Waals surface area contributed by atoms with Crippen LogP contribution in [0.5, 0.6) is 0 Å². The van der Waals surface area contributed by atoms with Crippen LogP contribution in [-0.4, -0.2) is 0 Å². The van der Waals surface area contributed by atoms with Crippen LogP contribution in [0.15, 0.2) is 95.7 Å². The minimum absolute atomic E-state index is 0.705. The first-order valence-electron chi connectivity index (χ1n) is 9.84. The minimum atomic E-state index is -3.09. The molecule has 0 bridgehead atoms. The third kappa shape index (κ3) is 3.72. The Balaban J connectivity index is 2.27. The van der Waals surface area contributed by atoms with Gasteiger partial charge >= 0.3 is 0 Å². The Morgan fingerprint density at radius 2 is 0.939 bits per heavy atom. The molecule has 0 heterocycles. The molecular weight excluding hydrogens is 442 g/mol. The van der Waals surface area contributed by atoms with E-state index in [1.165, 1.54) is 6.07 Å². The zero-order valence-corrected chi connectivity index (χ0v) is 18.0. The van der Waals surface area contributed by atoms with Crippen molar-refractivity contribution in [1.29, 1.82) is 10.5 Å². The Hall–Kier alpha value is -4.12. The summed E-state index contributed by atoms with van der Waals surface area (Å²) in [5.41, 5.74) is -2.69. The molecule has 0 unspecified atom stereocenters. The summed E-state index contributed by atoms with van der Waals surface area (Å²) >= 11 is 0. The number of nitriles is 2. The highest BCUT2D eigenvalue weighted by Crippen LogP contribution is 2.50. The van der Waals surface area contributed by atoms with Gasteiger partial charge in [0.25, 0.3) is 0 Å². The average molecular weight is 457 g/mol. The molecule has 0 atom stereocenters. The van der Waals surface area contributed by atoms with Crippen molar-refractivity contribution in [2.75, 3.05) is 0 Å². The molecule has 0 spiro atoms. The second kappa shape index (κ2) is 9.17. The van der Waals surface area contributed by atoms with Gasteiger partial charge in [0.15, 0.2) is 17.5 Å². The molecule has 4 aromatic carbocycles. The standard InChI is InChI=1S/C26H15F3N3P/c27-23-21(16-30)24(28)25(29)26(22(23)17-31)32-33(18-10-4-1-5-11-18,19-12-6-2-7-13-19)20-14-8-3-9-15-20/h1-15H. The predicted octanol–water partition coefficient (Wildman–Crippen LogP) is 5.66. The highest BCUT2D eigenvalue weighted by atomic mass is 31.2. The predicted molar refractivity (Wildman–Crippen MR) is 123 cm³/mol. The Labute approximate surface area is 189 Å². The number of hydrogen-bond donors (Lipinski definition) is 0. The van der Waals surface area contributed by atoms with Crippen LogP contribution in [0.1, 0.15) is 11.1 Å². The van der Waals surface area contributed by atoms with Gasteiger partial charge in [-0.25, -0.2) is 17.9 Å². The van der Waals surface area contributed by atoms with E-state index in [1.807, 2.05) is 54.6 Å². The number of rotatable bonds is 4. The quantitative estimate of drug-likeness (QED) is 0.293. The van der Waals surface area contributed by atoms with E-state index in [2.05, 4.69) is 0 Å². The summed E-state index contributed by atoms with van der Waals surface area (Å²) in [6.07, 6.45) is 0. The van der Waals surface area contributed by atoms with E-state index in [0.29, 0.717) is 15.9 Å². The van der Waals surface area contributed by atoms with Gasteiger partial charge in [-0.05, 0) is 0 Å². The monoisotopic (exact) mass is 457 g/mol. The number of hydrogen-bond acceptors (Lipinski definition) is 3. The van der Waals surface area contributed by atoms with E-state index in [-0.39, 0.29) is 0 Å². The van der Waals surface area contributed by atoms with E-state index >= 15 is 4.39 Å². The van der Waals surface area contributed by atoms with E-state index in [4.69, 9.17) is 10.0 Å². The fourth-order valence-corrected chi connectivity index (χ4v) is 7.18. The number of halogens is 3. The molecule has 0 saturated carbocycles. The molecule has 0 radical (unpaired) electrons. The molecule has 0 aliphatic carbocycles. The summed E-state index contributed by atoms with van der Waals surface area (Å²) in [6, 6.07) is 30.0. The molecule has 0 aliphatic rings. The molecule has 33 heavy (non-hydrogen) atoms. The van der Waals surface area contributed by atoms with Crippen molar-refractivity contribution in [3.8, 4) is 12.1 Å². The largest absolute Gasteiger partial charge is 0.249 e. The summed E-state index contributed by atoms with van der Waals surface area (Å²) in [4.78, 5) is 0. The summed E-state index contributed by atoms with van der Waals surface area (Å²) in [5, 5.41) is 20.8. The van der Waals surface area contributed by atoms with Crippen LogP contribution in [-0.2, 0) is 0 Å². The summed E-state index contributed by atoms with van der Waals surface area (Å²) in [6.45, 7) is 0. The van der Waals surface area contributed by atoms with Gasteiger partial charge in [0.05, 0.1) is 7.05 Å². The molecule has 0 saturated heterocycles. The molecule has 160 valence electrons. The van der Waals surface area contributed by atoms with E-state index in [0.717, 1.165) is 0 Å². The summed E-state index contributed by atoms with van der Waals surface area (Å²) < 4.78 is 49.4. The fraction of sp³-hybridized carbons (Fsp3) is 0. The summed E-state index contributed by atoms with van der Waals surface area (Å²) in [7, 11) is -3.09. The molecular formula is C26H15F3N3P. The normalized spacial score (nSPS) is 10.8. The molecule has 3 nitrogen and oxygen atoms in total. The lowest BCUT2D eigenvalue weighted by molar-refractivity contribution is 0.492. The zero-order chi connectivity index (χ0) is 23.4. The molecule has 7 heteroatoms. The van der Waals surface area contributed by atoms with Crippen LogP contribution < -0.4 is 15.9 Å². The van der Waals surface area contributed by atoms with Gasteiger partial charge < -0.3 is 0 Å². The second-order valence-electron chi connectivity index (χ2n) is 7.01. The topological polar surface area (TPSA) is 59.9 Å². The minimum Gasteiger partial charge on any atom is -0.249 e. The van der Waals surface area contributed by atoms with Crippen LogP contribution in [0.25, 0.3) is 0 Å². The molecule has 4 aromatic rings. The zero-order valence-electron chi connectivity index (χ0n) is 17.1. The second-order valence-corrected chi connectivity index (χ2v) is 10.0. The van der Waals surface area contributed by atoms with Gasteiger partial charge in [-0.3, -0.25) is 0 Å². The van der Waals surface area contributed by atoms with Crippen LogP contribution in [0.2, 0.25) is 0 Å². The maximum atomic E-state index is 15.2. The van der Waals surface area contributed by atoms with E-state index in [9.17, 15) is 14.0 Å². The first kappa shape index (κ1) is 22.1. The van der Waals surface area contributed by atoms with Crippen LogP contribution in [0, 0.1) is 40.1 Å². The number of benzene rings is 4. The Bertz CT molecular complexity index is 1350. The van der Waals surface area contributed by atoms with Gasteiger partial charge in [0.1, 0.15) is 29.0 Å². The molecule has 0 aromatic heterocycles. The van der Waals surface area contributed by atoms with Crippen molar-refractivity contribution < 1.29 is 13.2 Å². The van der Waals surface area contributed by atoms with Crippen molar-refractivity contribution in [3.05, 3.63) is 120 Å². The fourth-order valence-electron chi connectivity index (χ4n) is 3.64. The van der Waals surface area contributed by atoms with Crippen molar-refractivity contribution in [2.45, 2.75) is 0 Å². The molecule has 0 N–H and O–H groups in total. The third-order valence-corrected chi connectivity index (χ3v) is 8.80. The van der Waals surface area contributed by atoms with Gasteiger partial charge in [-0.1, -0.05) is 91.0 Å². The first-order valence-corrected chi connectivity index (χ1v) is 11.6. The lowest BCUT2D eigenvalue weighted by atomic mass is 10.1. The maximum absolute atomic E-state index is 15.2. The van der Waals surface area contributed by atoms with Gasteiger partial charge in [-0.15, -0.1) is 0 Å². The van der Waals surface area contributed by atoms with Crippen LogP contribution in [0.4, 0.5) is 18.9 Å². The van der Waals surface area contributed by atoms with E-state index in [1.54, 1.807) is 42.5 Å². The molecule has 0 fully saturated rings. The molecule has 4 rings (SSSR count). The third-order valence-electron chi connectivity index (χ3n) is 5.16. The van der Waals surface area contributed by atoms with Crippen molar-refractivity contribution in [3.63, 3.8) is 0 Å². The Morgan fingerprint density at radius 3 is 1.30 bits per heavy atom. The van der Waals surface area contributed by atoms with Gasteiger partial charge in [0, 0.05) is 15.9 Å². The van der Waals surface area contributed by atoms with Crippen molar-refractivity contribution in [1.82, 2.24) is 0 Å². The molecule has 0 amide bonds. The maximum Gasteiger partial charge on any atom is 0.187 e. The first-order chi connectivity index (χ1) is 16.0.